The highest BCUT2D eigenvalue weighted by atomic mass is 16.3. The molecule has 1 unspecified atom stereocenters. The van der Waals surface area contributed by atoms with Crippen molar-refractivity contribution in [2.75, 3.05) is 11.9 Å². The summed E-state index contributed by atoms with van der Waals surface area (Å²) in [5.74, 6) is 1.12. The number of rotatable bonds is 4. The SMILES string of the molecule is C[C@H]1C(N(C)c2ncc(-c3ccc(-c4cnn(C)c4)cc3O)nn2)CC(C)(C)NC1(C)C. The van der Waals surface area contributed by atoms with E-state index in [0.717, 1.165) is 17.5 Å². The second kappa shape index (κ2) is 7.85. The fourth-order valence-electron chi connectivity index (χ4n) is 4.89. The zero-order chi connectivity index (χ0) is 23.3. The third-order valence-corrected chi connectivity index (χ3v) is 6.77. The van der Waals surface area contributed by atoms with Gasteiger partial charge in [-0.05, 0) is 57.7 Å². The number of aromatic hydroxyl groups is 1. The van der Waals surface area contributed by atoms with Crippen LogP contribution in [-0.4, -0.2) is 54.2 Å². The molecule has 1 aromatic carbocycles. The van der Waals surface area contributed by atoms with Crippen molar-refractivity contribution in [2.24, 2.45) is 13.0 Å². The Kier molecular flexibility index (Phi) is 5.45. The summed E-state index contributed by atoms with van der Waals surface area (Å²) in [5.41, 5.74) is 2.99. The first-order chi connectivity index (χ1) is 15.0. The first kappa shape index (κ1) is 22.2. The van der Waals surface area contributed by atoms with Crippen LogP contribution in [0.25, 0.3) is 22.4 Å². The summed E-state index contributed by atoms with van der Waals surface area (Å²) in [4.78, 5) is 6.73. The number of aryl methyl sites for hydroxylation is 1. The van der Waals surface area contributed by atoms with Crippen molar-refractivity contribution >= 4 is 5.95 Å². The van der Waals surface area contributed by atoms with Crippen molar-refractivity contribution in [1.82, 2.24) is 30.3 Å². The standard InChI is InChI=1S/C24H33N7O/c1-15-20(11-23(2,3)29-24(15,4)5)31(7)22-25-13-19(27-28-22)18-9-8-16(10-21(18)32)17-12-26-30(6)14-17/h8-10,12-15,20,29,32H,11H2,1-7H3/t15-,20?/m0/s1. The second-order valence-corrected chi connectivity index (χ2v) is 10.2. The van der Waals surface area contributed by atoms with Crippen LogP contribution in [0.2, 0.25) is 0 Å². The van der Waals surface area contributed by atoms with Crippen molar-refractivity contribution in [2.45, 2.75) is 58.2 Å². The van der Waals surface area contributed by atoms with Crippen LogP contribution < -0.4 is 10.2 Å². The Labute approximate surface area is 189 Å². The highest BCUT2D eigenvalue weighted by Crippen LogP contribution is 2.37. The number of nitrogens with zero attached hydrogens (tertiary/aromatic N) is 6. The van der Waals surface area contributed by atoms with Crippen molar-refractivity contribution < 1.29 is 5.11 Å². The van der Waals surface area contributed by atoms with E-state index in [1.54, 1.807) is 23.1 Å². The minimum absolute atomic E-state index is 0.00411. The van der Waals surface area contributed by atoms with E-state index in [0.29, 0.717) is 23.1 Å². The molecule has 8 nitrogen and oxygen atoms in total. The van der Waals surface area contributed by atoms with Gasteiger partial charge >= 0.3 is 0 Å². The molecular formula is C24H33N7O. The Morgan fingerprint density at radius 3 is 2.47 bits per heavy atom. The summed E-state index contributed by atoms with van der Waals surface area (Å²) >= 11 is 0. The molecule has 2 atom stereocenters. The van der Waals surface area contributed by atoms with Gasteiger partial charge < -0.3 is 15.3 Å². The number of anilines is 1. The molecule has 1 saturated heterocycles. The van der Waals surface area contributed by atoms with E-state index in [9.17, 15) is 5.11 Å². The van der Waals surface area contributed by atoms with Gasteiger partial charge in [0.2, 0.25) is 5.95 Å². The quantitative estimate of drug-likeness (QED) is 0.646. The smallest absolute Gasteiger partial charge is 0.245 e. The van der Waals surface area contributed by atoms with Crippen LogP contribution >= 0.6 is 0 Å². The summed E-state index contributed by atoms with van der Waals surface area (Å²) in [7, 11) is 3.90. The Bertz CT molecular complexity index is 1100. The first-order valence-corrected chi connectivity index (χ1v) is 11.0. The van der Waals surface area contributed by atoms with E-state index in [1.165, 1.54) is 0 Å². The summed E-state index contributed by atoms with van der Waals surface area (Å²) in [6.45, 7) is 11.2. The maximum atomic E-state index is 10.6. The molecule has 3 aromatic rings. The van der Waals surface area contributed by atoms with Crippen molar-refractivity contribution in [3.05, 3.63) is 36.8 Å². The Morgan fingerprint density at radius 1 is 1.12 bits per heavy atom. The highest BCUT2D eigenvalue weighted by Gasteiger charge is 2.45. The number of aromatic nitrogens is 5. The predicted octanol–water partition coefficient (Wildman–Crippen LogP) is 3.64. The Balaban J connectivity index is 1.57. The lowest BCUT2D eigenvalue weighted by Gasteiger charge is -2.53. The normalized spacial score (nSPS) is 22.0. The number of hydrogen-bond acceptors (Lipinski definition) is 7. The van der Waals surface area contributed by atoms with Crippen LogP contribution in [0.1, 0.15) is 41.0 Å². The van der Waals surface area contributed by atoms with Crippen LogP contribution in [0, 0.1) is 5.92 Å². The molecule has 1 aliphatic heterocycles. The molecule has 2 N–H and O–H groups in total. The molecule has 4 rings (SSSR count). The van der Waals surface area contributed by atoms with E-state index in [-0.39, 0.29) is 22.9 Å². The Morgan fingerprint density at radius 2 is 1.88 bits per heavy atom. The average Bonchev–Trinajstić information content (AvgIpc) is 3.16. The number of phenolic OH excluding ortho intramolecular Hbond substituents is 1. The minimum atomic E-state index is -0.00411. The first-order valence-electron chi connectivity index (χ1n) is 11.0. The molecule has 3 heterocycles. The van der Waals surface area contributed by atoms with Crippen LogP contribution in [0.3, 0.4) is 0 Å². The maximum Gasteiger partial charge on any atom is 0.245 e. The molecule has 0 saturated carbocycles. The van der Waals surface area contributed by atoms with Crippen LogP contribution in [0.15, 0.2) is 36.8 Å². The third-order valence-electron chi connectivity index (χ3n) is 6.77. The van der Waals surface area contributed by atoms with Gasteiger partial charge in [0, 0.05) is 48.5 Å². The summed E-state index contributed by atoms with van der Waals surface area (Å²) < 4.78 is 1.73. The van der Waals surface area contributed by atoms with Crippen molar-refractivity contribution in [1.29, 1.82) is 0 Å². The van der Waals surface area contributed by atoms with Gasteiger partial charge in [0.05, 0.1) is 12.4 Å². The lowest BCUT2D eigenvalue weighted by atomic mass is 9.72. The fourth-order valence-corrected chi connectivity index (χ4v) is 4.89. The van der Waals surface area contributed by atoms with Gasteiger partial charge in [0.25, 0.3) is 0 Å². The van der Waals surface area contributed by atoms with E-state index in [1.807, 2.05) is 32.4 Å². The molecule has 0 radical (unpaired) electrons. The molecule has 1 fully saturated rings. The van der Waals surface area contributed by atoms with E-state index >= 15 is 0 Å². The van der Waals surface area contributed by atoms with Crippen molar-refractivity contribution in [3.63, 3.8) is 0 Å². The zero-order valence-corrected chi connectivity index (χ0v) is 20.0. The van der Waals surface area contributed by atoms with Crippen molar-refractivity contribution in [3.8, 4) is 28.1 Å². The van der Waals surface area contributed by atoms with E-state index < -0.39 is 0 Å². The lowest BCUT2D eigenvalue weighted by molar-refractivity contribution is 0.0992. The highest BCUT2D eigenvalue weighted by molar-refractivity contribution is 5.73. The zero-order valence-electron chi connectivity index (χ0n) is 20.0. The number of phenols is 1. The number of piperidine rings is 1. The van der Waals surface area contributed by atoms with Gasteiger partial charge in [-0.15, -0.1) is 10.2 Å². The molecule has 0 aliphatic carbocycles. The monoisotopic (exact) mass is 435 g/mol. The van der Waals surface area contributed by atoms with Gasteiger partial charge in [-0.25, -0.2) is 4.98 Å². The molecular weight excluding hydrogens is 402 g/mol. The van der Waals surface area contributed by atoms with Crippen LogP contribution in [0.5, 0.6) is 5.75 Å². The molecule has 32 heavy (non-hydrogen) atoms. The summed E-state index contributed by atoms with van der Waals surface area (Å²) in [6.07, 6.45) is 6.34. The molecule has 1 aliphatic rings. The predicted molar refractivity (Wildman–Crippen MR) is 126 cm³/mol. The molecule has 0 spiro atoms. The van der Waals surface area contributed by atoms with E-state index in [4.69, 9.17) is 0 Å². The molecule has 0 amide bonds. The number of benzene rings is 1. The summed E-state index contributed by atoms with van der Waals surface area (Å²) in [5, 5.41) is 27.3. The lowest BCUT2D eigenvalue weighted by Crippen LogP contribution is -2.66. The number of hydrogen-bond donors (Lipinski definition) is 2. The van der Waals surface area contributed by atoms with Gasteiger partial charge in [0.1, 0.15) is 11.4 Å². The largest absolute Gasteiger partial charge is 0.507 e. The van der Waals surface area contributed by atoms with E-state index in [2.05, 4.69) is 65.1 Å². The second-order valence-electron chi connectivity index (χ2n) is 10.2. The van der Waals surface area contributed by atoms with Gasteiger partial charge in [-0.3, -0.25) is 4.68 Å². The summed E-state index contributed by atoms with van der Waals surface area (Å²) in [6, 6.07) is 5.78. The molecule has 8 heteroatoms. The topological polar surface area (TPSA) is 92.0 Å². The molecule has 170 valence electrons. The van der Waals surface area contributed by atoms with Gasteiger partial charge in [-0.1, -0.05) is 13.0 Å². The Hall–Kier alpha value is -3.00. The third kappa shape index (κ3) is 4.19. The number of nitrogens with one attached hydrogen (secondary N) is 1. The van der Waals surface area contributed by atoms with Crippen LogP contribution in [0.4, 0.5) is 5.95 Å². The van der Waals surface area contributed by atoms with Crippen LogP contribution in [-0.2, 0) is 7.05 Å². The molecule has 2 aromatic heterocycles. The minimum Gasteiger partial charge on any atom is -0.507 e. The average molecular weight is 436 g/mol. The maximum absolute atomic E-state index is 10.6. The van der Waals surface area contributed by atoms with Gasteiger partial charge in [0.15, 0.2) is 0 Å². The molecule has 0 bridgehead atoms. The van der Waals surface area contributed by atoms with Gasteiger partial charge in [-0.2, -0.15) is 5.10 Å². The fraction of sp³-hybridized carbons (Fsp3) is 0.500.